The van der Waals surface area contributed by atoms with Crippen LogP contribution in [-0.2, 0) is 17.3 Å². The van der Waals surface area contributed by atoms with Gasteiger partial charge in [0.25, 0.3) is 0 Å². The monoisotopic (exact) mass is 489 g/mol. The second-order valence-corrected chi connectivity index (χ2v) is 10.5. The second-order valence-electron chi connectivity index (χ2n) is 8.28. The molecule has 0 aromatic heterocycles. The van der Waals surface area contributed by atoms with Gasteiger partial charge in [0, 0.05) is 5.56 Å². The van der Waals surface area contributed by atoms with E-state index < -0.39 is 19.7 Å². The number of benzene rings is 4. The number of halogens is 3. The molecule has 0 aliphatic carbocycles. The zero-order valence-corrected chi connectivity index (χ0v) is 19.7. The molecule has 0 radical (unpaired) electrons. The first kappa shape index (κ1) is 23.3. The van der Waals surface area contributed by atoms with Crippen molar-refractivity contribution in [1.82, 2.24) is 0 Å². The van der Waals surface area contributed by atoms with Crippen LogP contribution < -0.4 is 15.9 Å². The van der Waals surface area contributed by atoms with Crippen LogP contribution in [-0.4, -0.2) is 18.5 Å². The van der Waals surface area contributed by atoms with Gasteiger partial charge in [-0.3, -0.25) is 0 Å². The highest BCUT2D eigenvalue weighted by Gasteiger charge is 2.34. The van der Waals surface area contributed by atoms with Gasteiger partial charge in [-0.25, -0.2) is 4.99 Å². The van der Waals surface area contributed by atoms with E-state index in [1.165, 1.54) is 22.7 Å². The fourth-order valence-corrected chi connectivity index (χ4v) is 6.77. The summed E-state index contributed by atoms with van der Waals surface area (Å²) < 4.78 is 46.4. The first-order valence-electron chi connectivity index (χ1n) is 11.4. The molecular weight excluding hydrogens is 466 g/mol. The predicted octanol–water partition coefficient (Wildman–Crippen LogP) is 5.85. The van der Waals surface area contributed by atoms with E-state index in [0.717, 1.165) is 16.9 Å². The Hall–Kier alpha value is -3.43. The van der Waals surface area contributed by atoms with Crippen LogP contribution in [0.4, 0.5) is 13.2 Å². The Balaban J connectivity index is 1.51. The number of rotatable bonds is 6. The number of hydrogen-bond acceptors (Lipinski definition) is 2. The molecule has 4 aromatic rings. The summed E-state index contributed by atoms with van der Waals surface area (Å²) in [6.07, 6.45) is -4.22. The molecule has 0 amide bonds. The molecule has 1 heterocycles. The SMILES string of the molecule is FC(F)(F)c1ccccc1C[C@H]1COC(c2ccccc2P(c2ccccc2)c2ccccc2)=N1. The third-order valence-corrected chi connectivity index (χ3v) is 8.40. The van der Waals surface area contributed by atoms with E-state index in [1.54, 1.807) is 6.07 Å². The Kier molecular flexibility index (Phi) is 6.70. The van der Waals surface area contributed by atoms with Crippen molar-refractivity contribution in [1.29, 1.82) is 0 Å². The van der Waals surface area contributed by atoms with E-state index in [9.17, 15) is 13.2 Å². The lowest BCUT2D eigenvalue weighted by molar-refractivity contribution is -0.138. The van der Waals surface area contributed by atoms with Crippen molar-refractivity contribution in [3.63, 3.8) is 0 Å². The lowest BCUT2D eigenvalue weighted by Gasteiger charge is -2.22. The third kappa shape index (κ3) is 5.16. The highest BCUT2D eigenvalue weighted by Crippen LogP contribution is 2.35. The molecule has 5 rings (SSSR count). The molecule has 4 aromatic carbocycles. The van der Waals surface area contributed by atoms with Gasteiger partial charge < -0.3 is 4.74 Å². The Morgan fingerprint density at radius 1 is 0.743 bits per heavy atom. The van der Waals surface area contributed by atoms with Gasteiger partial charge in [0.2, 0.25) is 5.90 Å². The number of alkyl halides is 3. The van der Waals surface area contributed by atoms with Gasteiger partial charge in [-0.15, -0.1) is 0 Å². The molecule has 35 heavy (non-hydrogen) atoms. The fourth-order valence-electron chi connectivity index (χ4n) is 4.33. The Morgan fingerprint density at radius 3 is 1.97 bits per heavy atom. The standard InChI is InChI=1S/C29H23F3NOP/c30-29(31,32)26-17-9-7-11-21(26)19-22-20-34-28(33-22)25-16-8-10-18-27(25)35(23-12-3-1-4-13-23)24-14-5-2-6-15-24/h1-18,22H,19-20H2/t22-/m0/s1. The van der Waals surface area contributed by atoms with Crippen LogP contribution in [0.1, 0.15) is 16.7 Å². The molecule has 1 aliphatic rings. The lowest BCUT2D eigenvalue weighted by Crippen LogP contribution is -2.25. The summed E-state index contributed by atoms with van der Waals surface area (Å²) in [6.45, 7) is 0.254. The molecule has 0 unspecified atom stereocenters. The predicted molar refractivity (Wildman–Crippen MR) is 137 cm³/mol. The topological polar surface area (TPSA) is 21.6 Å². The molecule has 0 saturated carbocycles. The van der Waals surface area contributed by atoms with Crippen LogP contribution in [0.2, 0.25) is 0 Å². The summed E-state index contributed by atoms with van der Waals surface area (Å²) in [4.78, 5) is 4.74. The molecule has 0 N–H and O–H groups in total. The molecule has 0 saturated heterocycles. The van der Waals surface area contributed by atoms with Crippen LogP contribution in [0.5, 0.6) is 0 Å². The summed E-state index contributed by atoms with van der Waals surface area (Å²) >= 11 is 0. The summed E-state index contributed by atoms with van der Waals surface area (Å²) in [6, 6.07) is 34.0. The second kappa shape index (κ2) is 10.1. The van der Waals surface area contributed by atoms with Gasteiger partial charge in [-0.05, 0) is 48.0 Å². The highest BCUT2D eigenvalue weighted by atomic mass is 31.1. The van der Waals surface area contributed by atoms with Crippen molar-refractivity contribution in [2.24, 2.45) is 4.99 Å². The summed E-state index contributed by atoms with van der Waals surface area (Å²) in [5.74, 6) is 0.495. The minimum atomic E-state index is -4.39. The van der Waals surface area contributed by atoms with Crippen molar-refractivity contribution in [2.45, 2.75) is 18.6 Å². The maximum atomic E-state index is 13.5. The largest absolute Gasteiger partial charge is 0.475 e. The van der Waals surface area contributed by atoms with E-state index in [-0.39, 0.29) is 24.6 Å². The normalized spacial score (nSPS) is 15.7. The van der Waals surface area contributed by atoms with E-state index in [1.807, 2.05) is 54.6 Å². The molecule has 6 heteroatoms. The van der Waals surface area contributed by atoms with Crippen LogP contribution in [0.15, 0.2) is 114 Å². The Bertz CT molecular complexity index is 1280. The summed E-state index contributed by atoms with van der Waals surface area (Å²) in [5, 5.41) is 3.51. The average molecular weight is 489 g/mol. The smallest absolute Gasteiger partial charge is 0.416 e. The minimum Gasteiger partial charge on any atom is -0.475 e. The van der Waals surface area contributed by atoms with Crippen LogP contribution in [0.3, 0.4) is 0 Å². The van der Waals surface area contributed by atoms with Crippen LogP contribution in [0.25, 0.3) is 0 Å². The van der Waals surface area contributed by atoms with Crippen molar-refractivity contribution < 1.29 is 17.9 Å². The first-order chi connectivity index (χ1) is 17.0. The number of ether oxygens (including phenoxy) is 1. The summed E-state index contributed by atoms with van der Waals surface area (Å²) in [5.41, 5.74) is 0.515. The quantitative estimate of drug-likeness (QED) is 0.312. The molecule has 1 aliphatic heterocycles. The van der Waals surface area contributed by atoms with Gasteiger partial charge >= 0.3 is 6.18 Å². The minimum absolute atomic E-state index is 0.174. The summed E-state index contributed by atoms with van der Waals surface area (Å²) in [7, 11) is -0.875. The molecule has 176 valence electrons. The maximum Gasteiger partial charge on any atom is 0.416 e. The molecule has 1 atom stereocenters. The van der Waals surface area contributed by atoms with Crippen molar-refractivity contribution in [3.8, 4) is 0 Å². The first-order valence-corrected chi connectivity index (χ1v) is 12.7. The molecule has 0 bridgehead atoms. The Labute approximate surface area is 203 Å². The molecular formula is C29H23F3NOP. The Morgan fingerprint density at radius 2 is 1.31 bits per heavy atom. The molecule has 0 fully saturated rings. The van der Waals surface area contributed by atoms with Gasteiger partial charge in [0.1, 0.15) is 6.61 Å². The van der Waals surface area contributed by atoms with Crippen molar-refractivity contribution in [2.75, 3.05) is 6.61 Å². The van der Waals surface area contributed by atoms with Crippen LogP contribution >= 0.6 is 7.92 Å². The van der Waals surface area contributed by atoms with Gasteiger partial charge in [0.05, 0.1) is 11.6 Å². The van der Waals surface area contributed by atoms with Gasteiger partial charge in [0.15, 0.2) is 0 Å². The molecule has 2 nitrogen and oxygen atoms in total. The van der Waals surface area contributed by atoms with E-state index >= 15 is 0 Å². The third-order valence-electron chi connectivity index (χ3n) is 5.89. The lowest BCUT2D eigenvalue weighted by atomic mass is 10.0. The maximum absolute atomic E-state index is 13.5. The van der Waals surface area contributed by atoms with Gasteiger partial charge in [-0.2, -0.15) is 13.2 Å². The number of hydrogen-bond donors (Lipinski definition) is 0. The van der Waals surface area contributed by atoms with E-state index in [4.69, 9.17) is 9.73 Å². The number of aliphatic imine (C=N–C) groups is 1. The average Bonchev–Trinajstić information content (AvgIpc) is 3.34. The van der Waals surface area contributed by atoms with Crippen molar-refractivity contribution >= 4 is 29.7 Å². The fraction of sp³-hybridized carbons (Fsp3) is 0.138. The molecule has 0 spiro atoms. The zero-order chi connectivity index (χ0) is 24.3. The highest BCUT2D eigenvalue weighted by molar-refractivity contribution is 7.80. The van der Waals surface area contributed by atoms with E-state index in [2.05, 4.69) is 30.3 Å². The van der Waals surface area contributed by atoms with E-state index in [0.29, 0.717) is 5.90 Å². The number of nitrogens with zero attached hydrogens (tertiary/aromatic N) is 1. The van der Waals surface area contributed by atoms with Crippen molar-refractivity contribution in [3.05, 3.63) is 126 Å². The zero-order valence-electron chi connectivity index (χ0n) is 18.8. The van der Waals surface area contributed by atoms with Gasteiger partial charge in [-0.1, -0.05) is 97.1 Å². The van der Waals surface area contributed by atoms with Crippen LogP contribution in [0, 0.1) is 0 Å².